The highest BCUT2D eigenvalue weighted by molar-refractivity contribution is 7.88. The number of nitrogens with zero attached hydrogens (tertiary/aromatic N) is 1. The first-order valence-corrected chi connectivity index (χ1v) is 10.4. The van der Waals surface area contributed by atoms with Gasteiger partial charge in [-0.25, -0.2) is 13.1 Å². The van der Waals surface area contributed by atoms with E-state index in [0.717, 1.165) is 12.0 Å². The lowest BCUT2D eigenvalue weighted by Crippen LogP contribution is -2.46. The van der Waals surface area contributed by atoms with Crippen LogP contribution in [-0.4, -0.2) is 44.6 Å². The molecule has 6 nitrogen and oxygen atoms in total. The van der Waals surface area contributed by atoms with Crippen LogP contribution in [0.5, 0.6) is 11.5 Å². The third kappa shape index (κ3) is 5.06. The zero-order valence-electron chi connectivity index (χ0n) is 14.6. The molecule has 0 atom stereocenters. The van der Waals surface area contributed by atoms with Crippen molar-refractivity contribution in [1.82, 2.24) is 9.62 Å². The number of likely N-dealkylation sites (tertiary alicyclic amines) is 1. The molecule has 2 aromatic rings. The highest BCUT2D eigenvalue weighted by atomic mass is 32.2. The van der Waals surface area contributed by atoms with Crippen molar-refractivity contribution in [3.05, 3.63) is 60.2 Å². The summed E-state index contributed by atoms with van der Waals surface area (Å²) < 4.78 is 30.9. The van der Waals surface area contributed by atoms with Gasteiger partial charge in [0, 0.05) is 24.7 Å². The monoisotopic (exact) mass is 374 g/mol. The van der Waals surface area contributed by atoms with Gasteiger partial charge < -0.3 is 9.64 Å². The fourth-order valence-electron chi connectivity index (χ4n) is 2.98. The summed E-state index contributed by atoms with van der Waals surface area (Å²) in [6.45, 7) is 1.07. The molecule has 26 heavy (non-hydrogen) atoms. The molecule has 3 rings (SSSR count). The molecule has 0 unspecified atom stereocenters. The van der Waals surface area contributed by atoms with Crippen LogP contribution in [0.3, 0.4) is 0 Å². The Balaban J connectivity index is 1.57. The highest BCUT2D eigenvalue weighted by Crippen LogP contribution is 2.22. The number of carbonyl (C=O) groups is 1. The predicted octanol–water partition coefficient (Wildman–Crippen LogP) is 2.63. The summed E-state index contributed by atoms with van der Waals surface area (Å²) in [5, 5.41) is 0. The SMILES string of the molecule is CS(=O)(=O)NC1CCN(C(=O)c2ccc(Oc3ccccc3)cc2)CC1. The van der Waals surface area contributed by atoms with Crippen LogP contribution in [0.25, 0.3) is 0 Å². The summed E-state index contributed by atoms with van der Waals surface area (Å²) in [5.74, 6) is 1.37. The van der Waals surface area contributed by atoms with Gasteiger partial charge in [-0.3, -0.25) is 4.79 Å². The van der Waals surface area contributed by atoms with Crippen LogP contribution in [0.4, 0.5) is 0 Å². The van der Waals surface area contributed by atoms with Crippen LogP contribution >= 0.6 is 0 Å². The molecule has 1 amide bonds. The molecule has 1 aliphatic heterocycles. The fraction of sp³-hybridized carbons (Fsp3) is 0.316. The van der Waals surface area contributed by atoms with E-state index in [9.17, 15) is 13.2 Å². The smallest absolute Gasteiger partial charge is 0.253 e. The van der Waals surface area contributed by atoms with Gasteiger partial charge in [-0.05, 0) is 49.2 Å². The Morgan fingerprint density at radius 2 is 1.58 bits per heavy atom. The Kier molecular flexibility index (Phi) is 5.58. The maximum absolute atomic E-state index is 12.6. The van der Waals surface area contributed by atoms with Gasteiger partial charge in [-0.2, -0.15) is 0 Å². The Hall–Kier alpha value is -2.38. The number of rotatable bonds is 5. The third-order valence-corrected chi connectivity index (χ3v) is 5.00. The summed E-state index contributed by atoms with van der Waals surface area (Å²) in [6.07, 6.45) is 2.39. The molecule has 1 N–H and O–H groups in total. The number of carbonyl (C=O) groups excluding carboxylic acids is 1. The van der Waals surface area contributed by atoms with E-state index >= 15 is 0 Å². The minimum atomic E-state index is -3.21. The molecule has 0 aromatic heterocycles. The molecular formula is C19H22N2O4S. The predicted molar refractivity (Wildman–Crippen MR) is 99.9 cm³/mol. The zero-order valence-corrected chi connectivity index (χ0v) is 15.4. The van der Waals surface area contributed by atoms with E-state index in [1.807, 2.05) is 30.3 Å². The summed E-state index contributed by atoms with van der Waals surface area (Å²) >= 11 is 0. The number of piperidine rings is 1. The highest BCUT2D eigenvalue weighted by Gasteiger charge is 2.25. The Labute approximate surface area is 153 Å². The quantitative estimate of drug-likeness (QED) is 0.873. The molecule has 138 valence electrons. The van der Waals surface area contributed by atoms with Crippen molar-refractivity contribution >= 4 is 15.9 Å². The Morgan fingerprint density at radius 3 is 2.15 bits per heavy atom. The van der Waals surface area contributed by atoms with E-state index in [1.165, 1.54) is 0 Å². The topological polar surface area (TPSA) is 75.7 Å². The van der Waals surface area contributed by atoms with Crippen molar-refractivity contribution in [3.8, 4) is 11.5 Å². The van der Waals surface area contributed by atoms with Crippen LogP contribution in [-0.2, 0) is 10.0 Å². The Morgan fingerprint density at radius 1 is 1.00 bits per heavy atom. The van der Waals surface area contributed by atoms with Crippen molar-refractivity contribution < 1.29 is 17.9 Å². The van der Waals surface area contributed by atoms with E-state index in [2.05, 4.69) is 4.72 Å². The number of hydrogen-bond donors (Lipinski definition) is 1. The van der Waals surface area contributed by atoms with E-state index in [1.54, 1.807) is 29.2 Å². The average Bonchev–Trinajstić information content (AvgIpc) is 2.62. The molecule has 0 spiro atoms. The number of sulfonamides is 1. The van der Waals surface area contributed by atoms with Crippen LogP contribution < -0.4 is 9.46 Å². The number of benzene rings is 2. The normalized spacial score (nSPS) is 15.7. The number of para-hydroxylation sites is 1. The molecule has 2 aromatic carbocycles. The summed E-state index contributed by atoms with van der Waals surface area (Å²) in [4.78, 5) is 14.4. The summed E-state index contributed by atoms with van der Waals surface area (Å²) in [7, 11) is -3.21. The lowest BCUT2D eigenvalue weighted by atomic mass is 10.0. The lowest BCUT2D eigenvalue weighted by molar-refractivity contribution is 0.0711. The second-order valence-corrected chi connectivity index (χ2v) is 8.18. The first kappa shape index (κ1) is 18.4. The molecule has 7 heteroatoms. The molecule has 1 saturated heterocycles. The second kappa shape index (κ2) is 7.88. The maximum atomic E-state index is 12.6. The largest absolute Gasteiger partial charge is 0.457 e. The van der Waals surface area contributed by atoms with Crippen LogP contribution in [0.15, 0.2) is 54.6 Å². The van der Waals surface area contributed by atoms with Crippen molar-refractivity contribution in [1.29, 1.82) is 0 Å². The van der Waals surface area contributed by atoms with Gasteiger partial charge in [0.05, 0.1) is 6.26 Å². The van der Waals surface area contributed by atoms with Crippen molar-refractivity contribution in [3.63, 3.8) is 0 Å². The minimum absolute atomic E-state index is 0.0472. The van der Waals surface area contributed by atoms with E-state index in [-0.39, 0.29) is 11.9 Å². The first-order valence-electron chi connectivity index (χ1n) is 8.50. The molecule has 0 bridgehead atoms. The Bertz CT molecular complexity index is 843. The van der Waals surface area contributed by atoms with Gasteiger partial charge in [-0.1, -0.05) is 18.2 Å². The van der Waals surface area contributed by atoms with Crippen molar-refractivity contribution in [2.24, 2.45) is 0 Å². The van der Waals surface area contributed by atoms with Gasteiger partial charge in [-0.15, -0.1) is 0 Å². The van der Waals surface area contributed by atoms with Gasteiger partial charge in [0.2, 0.25) is 10.0 Å². The molecule has 0 radical (unpaired) electrons. The van der Waals surface area contributed by atoms with Gasteiger partial charge >= 0.3 is 0 Å². The molecule has 1 fully saturated rings. The summed E-state index contributed by atoms with van der Waals surface area (Å²) in [6, 6.07) is 16.4. The van der Waals surface area contributed by atoms with E-state index in [0.29, 0.717) is 37.2 Å². The molecule has 0 aliphatic carbocycles. The van der Waals surface area contributed by atoms with Crippen molar-refractivity contribution in [2.75, 3.05) is 19.3 Å². The fourth-order valence-corrected chi connectivity index (χ4v) is 3.82. The van der Waals surface area contributed by atoms with Crippen LogP contribution in [0, 0.1) is 0 Å². The molecule has 1 heterocycles. The van der Waals surface area contributed by atoms with E-state index in [4.69, 9.17) is 4.74 Å². The molecule has 0 saturated carbocycles. The zero-order chi connectivity index (χ0) is 18.6. The van der Waals surface area contributed by atoms with Crippen LogP contribution in [0.2, 0.25) is 0 Å². The summed E-state index contributed by atoms with van der Waals surface area (Å²) in [5.41, 5.74) is 0.597. The number of nitrogens with one attached hydrogen (secondary N) is 1. The average molecular weight is 374 g/mol. The number of ether oxygens (including phenoxy) is 1. The van der Waals surface area contributed by atoms with Gasteiger partial charge in [0.15, 0.2) is 0 Å². The van der Waals surface area contributed by atoms with Crippen LogP contribution in [0.1, 0.15) is 23.2 Å². The molecule has 1 aliphatic rings. The lowest BCUT2D eigenvalue weighted by Gasteiger charge is -2.32. The van der Waals surface area contributed by atoms with Crippen molar-refractivity contribution in [2.45, 2.75) is 18.9 Å². The second-order valence-electron chi connectivity index (χ2n) is 6.40. The standard InChI is InChI=1S/C19H22N2O4S/c1-26(23,24)20-16-11-13-21(14-12-16)19(22)15-7-9-18(10-8-15)25-17-5-3-2-4-6-17/h2-10,16,20H,11-14H2,1H3. The first-order chi connectivity index (χ1) is 12.4. The van der Waals surface area contributed by atoms with Gasteiger partial charge in [0.1, 0.15) is 11.5 Å². The van der Waals surface area contributed by atoms with Gasteiger partial charge in [0.25, 0.3) is 5.91 Å². The molecular weight excluding hydrogens is 352 g/mol. The number of hydrogen-bond acceptors (Lipinski definition) is 4. The maximum Gasteiger partial charge on any atom is 0.253 e. The minimum Gasteiger partial charge on any atom is -0.457 e. The number of amides is 1. The van der Waals surface area contributed by atoms with E-state index < -0.39 is 10.0 Å². The third-order valence-electron chi connectivity index (χ3n) is 4.24.